The van der Waals surface area contributed by atoms with Crippen LogP contribution in [0.3, 0.4) is 0 Å². The molecule has 3 rings (SSSR count). The number of alkyl halides is 6. The first-order valence-electron chi connectivity index (χ1n) is 13.0. The van der Waals surface area contributed by atoms with E-state index in [4.69, 9.17) is 9.47 Å². The maximum absolute atomic E-state index is 13.5. The highest BCUT2D eigenvalue weighted by Crippen LogP contribution is 2.38. The summed E-state index contributed by atoms with van der Waals surface area (Å²) < 4.78 is 91.2. The van der Waals surface area contributed by atoms with E-state index in [2.05, 4.69) is 6.07 Å². The van der Waals surface area contributed by atoms with Gasteiger partial charge in [-0.3, -0.25) is 0 Å². The second-order valence-corrected chi connectivity index (χ2v) is 9.99. The third-order valence-electron chi connectivity index (χ3n) is 7.09. The largest absolute Gasteiger partial charge is 0.493 e. The van der Waals surface area contributed by atoms with Crippen LogP contribution in [-0.4, -0.2) is 39.3 Å². The van der Waals surface area contributed by atoms with Gasteiger partial charge in [-0.25, -0.2) is 0 Å². The van der Waals surface area contributed by atoms with Gasteiger partial charge in [0.05, 0.1) is 36.8 Å². The standard InChI is InChI=1S/C31H32F6N2O2/c1-39(16-13-22-11-12-27(40-2)28(18-22)41-3)15-6-14-29(21-38,24-8-5-10-26(19-24)31(35,36)37)20-23-7-4-9-25(17-23)30(32,33)34/h4-5,7-12,17-19H,6,13-16,20H2,1-3H3. The van der Waals surface area contributed by atoms with Gasteiger partial charge in [0.2, 0.25) is 0 Å². The van der Waals surface area contributed by atoms with Gasteiger partial charge in [0.1, 0.15) is 0 Å². The fourth-order valence-corrected chi connectivity index (χ4v) is 4.81. The molecule has 0 aliphatic rings. The summed E-state index contributed by atoms with van der Waals surface area (Å²) in [7, 11) is 5.00. The number of halogens is 6. The minimum atomic E-state index is -4.63. The molecule has 0 N–H and O–H groups in total. The van der Waals surface area contributed by atoms with Crippen molar-refractivity contribution in [2.45, 2.75) is 43.5 Å². The summed E-state index contributed by atoms with van der Waals surface area (Å²) in [4.78, 5) is 2.04. The van der Waals surface area contributed by atoms with Gasteiger partial charge in [-0.05, 0) is 80.2 Å². The molecule has 1 unspecified atom stereocenters. The van der Waals surface area contributed by atoms with Crippen LogP contribution >= 0.6 is 0 Å². The van der Waals surface area contributed by atoms with Crippen molar-refractivity contribution in [2.24, 2.45) is 0 Å². The van der Waals surface area contributed by atoms with Crippen molar-refractivity contribution < 1.29 is 35.8 Å². The molecule has 0 aliphatic heterocycles. The molecule has 10 heteroatoms. The van der Waals surface area contributed by atoms with Gasteiger partial charge in [-0.1, -0.05) is 42.5 Å². The van der Waals surface area contributed by atoms with E-state index in [-0.39, 0.29) is 24.0 Å². The van der Waals surface area contributed by atoms with E-state index in [1.54, 1.807) is 14.2 Å². The van der Waals surface area contributed by atoms with Crippen LogP contribution in [0.15, 0.2) is 66.7 Å². The first kappa shape index (κ1) is 31.8. The van der Waals surface area contributed by atoms with Gasteiger partial charge in [0.25, 0.3) is 0 Å². The third kappa shape index (κ3) is 8.40. The molecule has 0 radical (unpaired) electrons. The Kier molecular flexibility index (Phi) is 10.3. The van der Waals surface area contributed by atoms with Gasteiger partial charge in [-0.15, -0.1) is 0 Å². The van der Waals surface area contributed by atoms with Crippen molar-refractivity contribution in [3.63, 3.8) is 0 Å². The average Bonchev–Trinajstić information content (AvgIpc) is 2.94. The monoisotopic (exact) mass is 578 g/mol. The second-order valence-electron chi connectivity index (χ2n) is 9.99. The summed E-state index contributed by atoms with van der Waals surface area (Å²) in [5, 5.41) is 10.3. The Hall–Kier alpha value is -3.71. The summed E-state index contributed by atoms with van der Waals surface area (Å²) in [6.07, 6.45) is -8.09. The minimum absolute atomic E-state index is 0.125. The lowest BCUT2D eigenvalue weighted by atomic mass is 9.73. The van der Waals surface area contributed by atoms with Crippen LogP contribution in [0.5, 0.6) is 11.5 Å². The van der Waals surface area contributed by atoms with E-state index in [1.807, 2.05) is 30.1 Å². The van der Waals surface area contributed by atoms with Gasteiger partial charge >= 0.3 is 12.4 Å². The van der Waals surface area contributed by atoms with Crippen molar-refractivity contribution in [3.05, 3.63) is 94.5 Å². The second kappa shape index (κ2) is 13.3. The molecule has 0 aromatic heterocycles. The number of methoxy groups -OCH3 is 2. The van der Waals surface area contributed by atoms with Crippen LogP contribution in [0.25, 0.3) is 0 Å². The first-order chi connectivity index (χ1) is 19.3. The molecule has 41 heavy (non-hydrogen) atoms. The number of hydrogen-bond donors (Lipinski definition) is 0. The van der Waals surface area contributed by atoms with Crippen LogP contribution in [0, 0.1) is 11.3 Å². The van der Waals surface area contributed by atoms with E-state index in [0.717, 1.165) is 29.8 Å². The van der Waals surface area contributed by atoms with Gasteiger partial charge < -0.3 is 14.4 Å². The molecule has 0 amide bonds. The molecule has 3 aromatic rings. The molecule has 3 aromatic carbocycles. The zero-order valence-electron chi connectivity index (χ0n) is 23.1. The normalized spacial score (nSPS) is 13.5. The Morgan fingerprint density at radius 2 is 1.34 bits per heavy atom. The highest BCUT2D eigenvalue weighted by Gasteiger charge is 2.37. The highest BCUT2D eigenvalue weighted by molar-refractivity contribution is 5.43. The fraction of sp³-hybridized carbons (Fsp3) is 0.387. The van der Waals surface area contributed by atoms with E-state index in [1.165, 1.54) is 24.3 Å². The zero-order valence-corrected chi connectivity index (χ0v) is 23.1. The molecule has 220 valence electrons. The van der Waals surface area contributed by atoms with Crippen molar-refractivity contribution >= 4 is 0 Å². The fourth-order valence-electron chi connectivity index (χ4n) is 4.81. The number of hydrogen-bond acceptors (Lipinski definition) is 4. The van der Waals surface area contributed by atoms with Crippen LogP contribution in [-0.2, 0) is 30.6 Å². The van der Waals surface area contributed by atoms with Gasteiger partial charge in [-0.2, -0.15) is 31.6 Å². The number of nitriles is 1. The molecule has 0 fully saturated rings. The minimum Gasteiger partial charge on any atom is -0.493 e. The SMILES string of the molecule is COc1ccc(CCN(C)CCCC(C#N)(Cc2cccc(C(F)(F)F)c2)c2cccc(C(F)(F)F)c2)cc1OC. The third-order valence-corrected chi connectivity index (χ3v) is 7.09. The molecule has 0 bridgehead atoms. The number of benzene rings is 3. The molecule has 0 aliphatic carbocycles. The molecule has 0 heterocycles. The lowest BCUT2D eigenvalue weighted by Gasteiger charge is -2.29. The lowest BCUT2D eigenvalue weighted by Crippen LogP contribution is -2.30. The van der Waals surface area contributed by atoms with Gasteiger partial charge in [0.15, 0.2) is 11.5 Å². The molecular weight excluding hydrogens is 546 g/mol. The Bertz CT molecular complexity index is 1350. The Balaban J connectivity index is 1.80. The van der Waals surface area contributed by atoms with Crippen molar-refractivity contribution in [1.29, 1.82) is 5.26 Å². The Labute approximate surface area is 236 Å². The predicted octanol–water partition coefficient (Wildman–Crippen LogP) is 7.70. The highest BCUT2D eigenvalue weighted by atomic mass is 19.4. The van der Waals surface area contributed by atoms with Crippen LogP contribution in [0.1, 0.15) is 40.7 Å². The lowest BCUT2D eigenvalue weighted by molar-refractivity contribution is -0.138. The van der Waals surface area contributed by atoms with Crippen LogP contribution in [0.4, 0.5) is 26.3 Å². The molecule has 4 nitrogen and oxygen atoms in total. The zero-order chi connectivity index (χ0) is 30.3. The Morgan fingerprint density at radius 3 is 1.95 bits per heavy atom. The maximum Gasteiger partial charge on any atom is 0.416 e. The average molecular weight is 579 g/mol. The summed E-state index contributed by atoms with van der Waals surface area (Å²) in [5.74, 6) is 1.23. The molecule has 0 saturated carbocycles. The van der Waals surface area contributed by atoms with E-state index in [0.29, 0.717) is 37.4 Å². The van der Waals surface area contributed by atoms with Crippen LogP contribution < -0.4 is 9.47 Å². The Morgan fingerprint density at radius 1 is 0.732 bits per heavy atom. The molecule has 1 atom stereocenters. The number of rotatable bonds is 12. The van der Waals surface area contributed by atoms with Crippen molar-refractivity contribution in [3.8, 4) is 17.6 Å². The summed E-state index contributed by atoms with van der Waals surface area (Å²) in [6, 6.07) is 16.9. The molecule has 0 spiro atoms. The van der Waals surface area contributed by atoms with Gasteiger partial charge in [0, 0.05) is 6.54 Å². The van der Waals surface area contributed by atoms with E-state index in [9.17, 15) is 31.6 Å². The quantitative estimate of drug-likeness (QED) is 0.207. The smallest absolute Gasteiger partial charge is 0.416 e. The number of nitrogens with zero attached hydrogens (tertiary/aromatic N) is 2. The maximum atomic E-state index is 13.5. The number of likely N-dealkylation sites (N-methyl/N-ethyl adjacent to an activating group) is 1. The van der Waals surface area contributed by atoms with E-state index < -0.39 is 28.9 Å². The number of ether oxygens (including phenoxy) is 2. The molecular formula is C31H32F6N2O2. The van der Waals surface area contributed by atoms with Crippen LogP contribution in [0.2, 0.25) is 0 Å². The predicted molar refractivity (Wildman–Crippen MR) is 144 cm³/mol. The van der Waals surface area contributed by atoms with Crippen molar-refractivity contribution in [1.82, 2.24) is 4.90 Å². The summed E-state index contributed by atoms with van der Waals surface area (Å²) >= 11 is 0. The summed E-state index contributed by atoms with van der Waals surface area (Å²) in [5.41, 5.74) is -1.88. The van der Waals surface area contributed by atoms with Crippen molar-refractivity contribution in [2.75, 3.05) is 34.4 Å². The molecule has 0 saturated heterocycles. The first-order valence-corrected chi connectivity index (χ1v) is 13.0. The van der Waals surface area contributed by atoms with E-state index >= 15 is 0 Å². The topological polar surface area (TPSA) is 45.5 Å². The summed E-state index contributed by atoms with van der Waals surface area (Å²) in [6.45, 7) is 1.19.